The van der Waals surface area contributed by atoms with Crippen molar-refractivity contribution in [2.75, 3.05) is 20.6 Å². The molecule has 1 N–H and O–H groups in total. The van der Waals surface area contributed by atoms with E-state index in [4.69, 9.17) is 4.74 Å². The molecule has 1 aliphatic carbocycles. The third kappa shape index (κ3) is 5.10. The fourth-order valence-electron chi connectivity index (χ4n) is 4.38. The smallest absolute Gasteiger partial charge is 0.120 e. The molecule has 1 unspecified atom stereocenters. The number of rotatable bonds is 7. The summed E-state index contributed by atoms with van der Waals surface area (Å²) in [6.07, 6.45) is 3.57. The first-order chi connectivity index (χ1) is 14.6. The predicted molar refractivity (Wildman–Crippen MR) is 123 cm³/mol. The van der Waals surface area contributed by atoms with Gasteiger partial charge in [0.2, 0.25) is 0 Å². The van der Waals surface area contributed by atoms with Gasteiger partial charge in [0.25, 0.3) is 0 Å². The molecule has 156 valence electrons. The minimum atomic E-state index is 0.0746. The molecule has 0 fully saturated rings. The van der Waals surface area contributed by atoms with E-state index in [1.807, 2.05) is 12.1 Å². The van der Waals surface area contributed by atoms with Crippen LogP contribution < -0.4 is 4.74 Å². The van der Waals surface area contributed by atoms with E-state index in [1.165, 1.54) is 24.0 Å². The zero-order valence-electron chi connectivity index (χ0n) is 18.0. The lowest BCUT2D eigenvalue weighted by Crippen LogP contribution is -2.26. The summed E-state index contributed by atoms with van der Waals surface area (Å²) in [4.78, 5) is 2.29. The summed E-state index contributed by atoms with van der Waals surface area (Å²) in [6.45, 7) is 1.80. The van der Waals surface area contributed by atoms with Crippen LogP contribution in [-0.2, 0) is 26.1 Å². The average Bonchev–Trinajstić information content (AvgIpc) is 2.77. The molecule has 1 aliphatic rings. The predicted octanol–water partition coefficient (Wildman–Crippen LogP) is 5.09. The van der Waals surface area contributed by atoms with Gasteiger partial charge in [0.15, 0.2) is 0 Å². The van der Waals surface area contributed by atoms with Crippen molar-refractivity contribution in [3.8, 4) is 16.9 Å². The molecule has 0 aromatic heterocycles. The minimum Gasteiger partial charge on any atom is -0.489 e. The summed E-state index contributed by atoms with van der Waals surface area (Å²) in [6, 6.07) is 23.1. The van der Waals surface area contributed by atoms with Crippen molar-refractivity contribution in [2.24, 2.45) is 5.92 Å². The fraction of sp³-hybridized carbons (Fsp3) is 0.333. The van der Waals surface area contributed by atoms with Gasteiger partial charge in [0.1, 0.15) is 12.4 Å². The Bertz CT molecular complexity index is 978. The van der Waals surface area contributed by atoms with Crippen LogP contribution in [0.2, 0.25) is 0 Å². The molecule has 3 aromatic rings. The molecule has 3 aromatic carbocycles. The third-order valence-corrected chi connectivity index (χ3v) is 5.93. The van der Waals surface area contributed by atoms with Crippen molar-refractivity contribution in [3.05, 3.63) is 89.0 Å². The molecule has 3 nitrogen and oxygen atoms in total. The summed E-state index contributed by atoms with van der Waals surface area (Å²) in [5.74, 6) is 1.71. The number of hydrogen-bond acceptors (Lipinski definition) is 3. The molecular formula is C27H31NO2. The van der Waals surface area contributed by atoms with Gasteiger partial charge < -0.3 is 14.7 Å². The maximum Gasteiger partial charge on any atom is 0.120 e. The first kappa shape index (κ1) is 20.6. The Morgan fingerprint density at radius 3 is 2.50 bits per heavy atom. The monoisotopic (exact) mass is 401 g/mol. The molecule has 3 heteroatoms. The second-order valence-electron chi connectivity index (χ2n) is 8.65. The Balaban J connectivity index is 1.40. The van der Waals surface area contributed by atoms with Crippen molar-refractivity contribution in [2.45, 2.75) is 32.5 Å². The van der Waals surface area contributed by atoms with Gasteiger partial charge in [-0.2, -0.15) is 0 Å². The highest BCUT2D eigenvalue weighted by molar-refractivity contribution is 5.64. The van der Waals surface area contributed by atoms with Gasteiger partial charge in [-0.15, -0.1) is 0 Å². The Morgan fingerprint density at radius 1 is 0.900 bits per heavy atom. The standard InChI is InChI=1S/C27H31NO2/c1-28(2)17-21-8-11-26-16-27(13-12-25(26)14-21)30-19-22-4-3-5-24(15-22)23-9-6-20(18-29)7-10-23/h3-7,9-10,12-13,15-16,21,29H,8,11,14,17-19H2,1-2H3. The molecule has 0 bridgehead atoms. The number of aliphatic hydroxyl groups excluding tert-OH is 1. The van der Waals surface area contributed by atoms with Crippen LogP contribution in [0.1, 0.15) is 28.7 Å². The van der Waals surface area contributed by atoms with Crippen LogP contribution in [0.3, 0.4) is 0 Å². The Labute approximate surface area is 179 Å². The highest BCUT2D eigenvalue weighted by Gasteiger charge is 2.19. The number of aryl methyl sites for hydroxylation is 1. The number of aliphatic hydroxyl groups is 1. The van der Waals surface area contributed by atoms with E-state index >= 15 is 0 Å². The first-order valence-electron chi connectivity index (χ1n) is 10.8. The van der Waals surface area contributed by atoms with Gasteiger partial charge in [-0.1, -0.05) is 48.5 Å². The van der Waals surface area contributed by atoms with Crippen LogP contribution in [0.5, 0.6) is 5.75 Å². The molecule has 0 saturated carbocycles. The summed E-state index contributed by atoms with van der Waals surface area (Å²) in [5.41, 5.74) is 7.32. The van der Waals surface area contributed by atoms with Crippen LogP contribution >= 0.6 is 0 Å². The quantitative estimate of drug-likeness (QED) is 0.598. The van der Waals surface area contributed by atoms with E-state index in [0.29, 0.717) is 6.61 Å². The SMILES string of the molecule is CN(C)CC1CCc2cc(OCc3cccc(-c4ccc(CO)cc4)c3)ccc2C1. The fourth-order valence-corrected chi connectivity index (χ4v) is 4.38. The van der Waals surface area contributed by atoms with Crippen molar-refractivity contribution in [1.29, 1.82) is 0 Å². The molecular weight excluding hydrogens is 370 g/mol. The highest BCUT2D eigenvalue weighted by atomic mass is 16.5. The largest absolute Gasteiger partial charge is 0.489 e. The lowest BCUT2D eigenvalue weighted by molar-refractivity contribution is 0.282. The van der Waals surface area contributed by atoms with Crippen LogP contribution in [0, 0.1) is 5.92 Å². The van der Waals surface area contributed by atoms with Crippen molar-refractivity contribution < 1.29 is 9.84 Å². The molecule has 0 spiro atoms. The van der Waals surface area contributed by atoms with E-state index in [0.717, 1.165) is 46.9 Å². The van der Waals surface area contributed by atoms with E-state index in [2.05, 4.69) is 73.6 Å². The summed E-state index contributed by atoms with van der Waals surface area (Å²) in [5, 5.41) is 9.22. The van der Waals surface area contributed by atoms with Gasteiger partial charge in [-0.25, -0.2) is 0 Å². The van der Waals surface area contributed by atoms with Gasteiger partial charge in [0, 0.05) is 6.54 Å². The Kier molecular flexibility index (Phi) is 6.51. The number of nitrogens with zero attached hydrogens (tertiary/aromatic N) is 1. The lowest BCUT2D eigenvalue weighted by atomic mass is 9.83. The molecule has 30 heavy (non-hydrogen) atoms. The molecule has 0 saturated heterocycles. The van der Waals surface area contributed by atoms with Crippen LogP contribution in [0.15, 0.2) is 66.7 Å². The van der Waals surface area contributed by atoms with Gasteiger partial charge >= 0.3 is 0 Å². The molecule has 0 amide bonds. The zero-order valence-corrected chi connectivity index (χ0v) is 18.0. The van der Waals surface area contributed by atoms with Gasteiger partial charge in [0.05, 0.1) is 6.61 Å². The third-order valence-electron chi connectivity index (χ3n) is 5.93. The van der Waals surface area contributed by atoms with Gasteiger partial charge in [-0.3, -0.25) is 0 Å². The molecule has 4 rings (SSSR count). The van der Waals surface area contributed by atoms with Crippen LogP contribution in [-0.4, -0.2) is 30.6 Å². The minimum absolute atomic E-state index is 0.0746. The molecule has 0 aliphatic heterocycles. The molecule has 1 atom stereocenters. The first-order valence-corrected chi connectivity index (χ1v) is 10.8. The average molecular weight is 402 g/mol. The summed E-state index contributed by atoms with van der Waals surface area (Å²) < 4.78 is 6.14. The van der Waals surface area contributed by atoms with Crippen molar-refractivity contribution in [1.82, 2.24) is 4.90 Å². The second kappa shape index (κ2) is 9.46. The summed E-state index contributed by atoms with van der Waals surface area (Å²) >= 11 is 0. The molecule has 0 heterocycles. The van der Waals surface area contributed by atoms with Crippen molar-refractivity contribution in [3.63, 3.8) is 0 Å². The maximum absolute atomic E-state index is 9.22. The summed E-state index contributed by atoms with van der Waals surface area (Å²) in [7, 11) is 4.32. The number of fused-ring (bicyclic) bond motifs is 1. The van der Waals surface area contributed by atoms with E-state index < -0.39 is 0 Å². The van der Waals surface area contributed by atoms with E-state index in [-0.39, 0.29) is 6.61 Å². The van der Waals surface area contributed by atoms with E-state index in [1.54, 1.807) is 0 Å². The van der Waals surface area contributed by atoms with E-state index in [9.17, 15) is 5.11 Å². The van der Waals surface area contributed by atoms with Gasteiger partial charge in [-0.05, 0) is 90.9 Å². The number of benzene rings is 3. The second-order valence-corrected chi connectivity index (χ2v) is 8.65. The Hall–Kier alpha value is -2.62. The van der Waals surface area contributed by atoms with Crippen LogP contribution in [0.25, 0.3) is 11.1 Å². The number of hydrogen-bond donors (Lipinski definition) is 1. The molecule has 0 radical (unpaired) electrons. The number of ether oxygens (including phenoxy) is 1. The van der Waals surface area contributed by atoms with Crippen LogP contribution in [0.4, 0.5) is 0 Å². The normalized spacial score (nSPS) is 15.8. The topological polar surface area (TPSA) is 32.7 Å². The highest BCUT2D eigenvalue weighted by Crippen LogP contribution is 2.29. The van der Waals surface area contributed by atoms with Crippen molar-refractivity contribution >= 4 is 0 Å². The maximum atomic E-state index is 9.22. The Morgan fingerprint density at radius 2 is 1.73 bits per heavy atom. The zero-order chi connectivity index (χ0) is 20.9. The lowest BCUT2D eigenvalue weighted by Gasteiger charge is -2.27.